The molecule has 1 heterocycles. The Balaban J connectivity index is 0.00000254. The molecule has 0 bridgehead atoms. The monoisotopic (exact) mass is 347 g/mol. The molecule has 144 valence electrons. The summed E-state index contributed by atoms with van der Waals surface area (Å²) in [5.41, 5.74) is 0.967. The maximum absolute atomic E-state index is 14.1. The third kappa shape index (κ3) is 8.43. The van der Waals surface area contributed by atoms with Gasteiger partial charge in [0.05, 0.1) is 6.54 Å². The molecule has 2 unspecified atom stereocenters. The van der Waals surface area contributed by atoms with Crippen molar-refractivity contribution in [3.63, 3.8) is 0 Å². The summed E-state index contributed by atoms with van der Waals surface area (Å²) in [7, 11) is 1.86. The van der Waals surface area contributed by atoms with Crippen LogP contribution in [0.1, 0.15) is 54.4 Å². The van der Waals surface area contributed by atoms with E-state index < -0.39 is 5.92 Å². The lowest BCUT2D eigenvalue weighted by atomic mass is 10.0. The summed E-state index contributed by atoms with van der Waals surface area (Å²) in [6, 6.07) is 0.518. The first-order chi connectivity index (χ1) is 11.1. The molecule has 0 aliphatic carbocycles. The molecule has 1 aliphatic rings. The van der Waals surface area contributed by atoms with Gasteiger partial charge in [-0.25, -0.2) is 8.78 Å². The smallest absolute Gasteiger partial charge is 0.260 e. The van der Waals surface area contributed by atoms with Gasteiger partial charge < -0.3 is 5.32 Å². The average molecular weight is 348 g/mol. The molecular weight excluding hydrogens is 308 g/mol. The van der Waals surface area contributed by atoms with Crippen LogP contribution in [0.15, 0.2) is 12.3 Å². The van der Waals surface area contributed by atoms with Crippen LogP contribution in [-0.2, 0) is 0 Å². The van der Waals surface area contributed by atoms with Crippen LogP contribution in [0.25, 0.3) is 0 Å². The molecule has 0 aromatic rings. The molecule has 1 saturated heterocycles. The fourth-order valence-corrected chi connectivity index (χ4v) is 3.11. The molecule has 0 aromatic carbocycles. The van der Waals surface area contributed by atoms with Gasteiger partial charge >= 0.3 is 0 Å². The summed E-state index contributed by atoms with van der Waals surface area (Å²) in [5.74, 6) is -2.26. The first-order valence-corrected chi connectivity index (χ1v) is 9.36. The molecule has 0 spiro atoms. The van der Waals surface area contributed by atoms with Crippen LogP contribution >= 0.6 is 0 Å². The zero-order valence-corrected chi connectivity index (χ0v) is 16.8. The van der Waals surface area contributed by atoms with Crippen molar-refractivity contribution in [3.8, 4) is 0 Å². The molecule has 1 aliphatic heterocycles. The second-order valence-corrected chi connectivity index (χ2v) is 7.21. The highest BCUT2D eigenvalue weighted by atomic mass is 19.3. The lowest BCUT2D eigenvalue weighted by molar-refractivity contribution is -0.0647. The van der Waals surface area contributed by atoms with Crippen molar-refractivity contribution in [3.05, 3.63) is 12.3 Å². The van der Waals surface area contributed by atoms with E-state index in [0.29, 0.717) is 25.4 Å². The third-order valence-corrected chi connectivity index (χ3v) is 4.45. The molecule has 3 nitrogen and oxygen atoms in total. The van der Waals surface area contributed by atoms with Gasteiger partial charge in [0, 0.05) is 50.9 Å². The van der Waals surface area contributed by atoms with Gasteiger partial charge in [0.1, 0.15) is 0 Å². The summed E-state index contributed by atoms with van der Waals surface area (Å²) in [4.78, 5) is 4.26. The molecule has 0 amide bonds. The molecule has 1 fully saturated rings. The lowest BCUT2D eigenvalue weighted by Crippen LogP contribution is -2.59. The number of piperazine rings is 1. The van der Waals surface area contributed by atoms with Gasteiger partial charge in [-0.05, 0) is 26.2 Å². The zero-order chi connectivity index (χ0) is 18.9. The molecule has 0 saturated carbocycles. The van der Waals surface area contributed by atoms with Gasteiger partial charge in [-0.1, -0.05) is 34.3 Å². The Labute approximate surface area is 148 Å². The Morgan fingerprint density at radius 2 is 1.71 bits per heavy atom. The van der Waals surface area contributed by atoms with Crippen molar-refractivity contribution in [1.82, 2.24) is 15.1 Å². The fourth-order valence-electron chi connectivity index (χ4n) is 3.11. The minimum Gasteiger partial charge on any atom is -0.391 e. The highest BCUT2D eigenvalue weighted by Crippen LogP contribution is 2.26. The Morgan fingerprint density at radius 1 is 1.21 bits per heavy atom. The number of hydrogen-bond acceptors (Lipinski definition) is 3. The van der Waals surface area contributed by atoms with Gasteiger partial charge in [-0.3, -0.25) is 9.80 Å². The third-order valence-electron chi connectivity index (χ3n) is 4.45. The van der Waals surface area contributed by atoms with E-state index in [1.807, 2.05) is 39.6 Å². The SMILES string of the molecule is C=C(CN1C(C)CN(CC(F)(F)CCC(C)C)CC1C)NC.CC. The van der Waals surface area contributed by atoms with Gasteiger partial charge in [-0.15, -0.1) is 0 Å². The van der Waals surface area contributed by atoms with E-state index in [9.17, 15) is 8.78 Å². The van der Waals surface area contributed by atoms with Crippen molar-refractivity contribution in [1.29, 1.82) is 0 Å². The van der Waals surface area contributed by atoms with Crippen LogP contribution < -0.4 is 5.32 Å². The lowest BCUT2D eigenvalue weighted by Gasteiger charge is -2.45. The molecule has 24 heavy (non-hydrogen) atoms. The predicted molar refractivity (Wildman–Crippen MR) is 101 cm³/mol. The van der Waals surface area contributed by atoms with Crippen molar-refractivity contribution in [2.75, 3.05) is 33.2 Å². The standard InChI is InChI=1S/C17H33F2N3.C2H6/c1-13(2)7-8-17(18,19)12-21-10-15(4)22(16(5)11-21)9-14(3)20-6;1-2/h13,15-16,20H,3,7-12H2,1-2,4-6H3;1-2H3. The van der Waals surface area contributed by atoms with Crippen LogP contribution in [0, 0.1) is 5.92 Å². The van der Waals surface area contributed by atoms with E-state index in [1.165, 1.54) is 0 Å². The van der Waals surface area contributed by atoms with Crippen LogP contribution in [0.5, 0.6) is 0 Å². The normalized spacial score (nSPS) is 22.9. The van der Waals surface area contributed by atoms with Crippen molar-refractivity contribution in [2.45, 2.75) is 72.4 Å². The highest BCUT2D eigenvalue weighted by Gasteiger charge is 2.36. The first kappa shape index (κ1) is 23.3. The van der Waals surface area contributed by atoms with Gasteiger partial charge in [0.25, 0.3) is 5.92 Å². The maximum atomic E-state index is 14.1. The van der Waals surface area contributed by atoms with Crippen molar-refractivity contribution >= 4 is 0 Å². The topological polar surface area (TPSA) is 18.5 Å². The zero-order valence-electron chi connectivity index (χ0n) is 16.8. The molecule has 2 atom stereocenters. The number of nitrogens with zero attached hydrogens (tertiary/aromatic N) is 2. The summed E-state index contributed by atoms with van der Waals surface area (Å²) in [6.45, 7) is 18.2. The minimum atomic E-state index is -2.58. The molecule has 1 N–H and O–H groups in total. The molecule has 1 rings (SSSR count). The van der Waals surface area contributed by atoms with E-state index in [-0.39, 0.29) is 25.0 Å². The molecule has 0 aromatic heterocycles. The number of hydrogen-bond donors (Lipinski definition) is 1. The quantitative estimate of drug-likeness (QED) is 0.709. The molecular formula is C19H39F2N3. The number of alkyl halides is 2. The number of rotatable bonds is 8. The number of likely N-dealkylation sites (N-methyl/N-ethyl adjacent to an activating group) is 1. The minimum absolute atomic E-state index is 0.00972. The summed E-state index contributed by atoms with van der Waals surface area (Å²) in [6.07, 6.45) is 0.574. The maximum Gasteiger partial charge on any atom is 0.260 e. The predicted octanol–water partition coefficient (Wildman–Crippen LogP) is 4.21. The van der Waals surface area contributed by atoms with Crippen LogP contribution in [0.4, 0.5) is 8.78 Å². The van der Waals surface area contributed by atoms with Crippen LogP contribution in [0.3, 0.4) is 0 Å². The molecule has 0 radical (unpaired) electrons. The number of nitrogens with one attached hydrogen (secondary N) is 1. The largest absolute Gasteiger partial charge is 0.391 e. The van der Waals surface area contributed by atoms with Gasteiger partial charge in [0.2, 0.25) is 0 Å². The summed E-state index contributed by atoms with van der Waals surface area (Å²) < 4.78 is 28.2. The Kier molecular flexibility index (Phi) is 10.7. The van der Waals surface area contributed by atoms with Crippen LogP contribution in [-0.4, -0.2) is 61.0 Å². The Morgan fingerprint density at radius 3 is 2.12 bits per heavy atom. The van der Waals surface area contributed by atoms with Gasteiger partial charge in [-0.2, -0.15) is 0 Å². The number of halogens is 2. The van der Waals surface area contributed by atoms with Crippen molar-refractivity contribution in [2.24, 2.45) is 5.92 Å². The fraction of sp³-hybridized carbons (Fsp3) is 0.895. The summed E-state index contributed by atoms with van der Waals surface area (Å²) in [5, 5.41) is 3.06. The van der Waals surface area contributed by atoms with Crippen molar-refractivity contribution < 1.29 is 8.78 Å². The van der Waals surface area contributed by atoms with E-state index in [1.54, 1.807) is 0 Å². The molecule has 5 heteroatoms. The highest BCUT2D eigenvalue weighted by molar-refractivity contribution is 4.98. The average Bonchev–Trinajstić information content (AvgIpc) is 2.50. The summed E-state index contributed by atoms with van der Waals surface area (Å²) >= 11 is 0. The van der Waals surface area contributed by atoms with E-state index in [4.69, 9.17) is 0 Å². The van der Waals surface area contributed by atoms with E-state index in [2.05, 4.69) is 30.6 Å². The first-order valence-electron chi connectivity index (χ1n) is 9.36. The van der Waals surface area contributed by atoms with E-state index >= 15 is 0 Å². The van der Waals surface area contributed by atoms with Gasteiger partial charge in [0.15, 0.2) is 0 Å². The Hall–Kier alpha value is -0.680. The Bertz CT molecular complexity index is 347. The van der Waals surface area contributed by atoms with Crippen LogP contribution in [0.2, 0.25) is 0 Å². The second-order valence-electron chi connectivity index (χ2n) is 7.21. The van der Waals surface area contributed by atoms with E-state index in [0.717, 1.165) is 12.2 Å². The second kappa shape index (κ2) is 11.0.